The van der Waals surface area contributed by atoms with Gasteiger partial charge in [-0.1, -0.05) is 17.7 Å². The SMILES string of the molecule is CCOc1ccc(Cl)cc1NC(=O)c1cccc(Br)n1. The minimum absolute atomic E-state index is 0.307. The van der Waals surface area contributed by atoms with Gasteiger partial charge in [0.1, 0.15) is 16.0 Å². The zero-order valence-corrected chi connectivity index (χ0v) is 13.0. The summed E-state index contributed by atoms with van der Waals surface area (Å²) in [7, 11) is 0. The minimum Gasteiger partial charge on any atom is -0.492 e. The van der Waals surface area contributed by atoms with Crippen molar-refractivity contribution in [1.29, 1.82) is 0 Å². The molecule has 104 valence electrons. The predicted molar refractivity (Wildman–Crippen MR) is 82.5 cm³/mol. The van der Waals surface area contributed by atoms with E-state index in [0.29, 0.717) is 33.4 Å². The van der Waals surface area contributed by atoms with E-state index in [4.69, 9.17) is 16.3 Å². The fraction of sp³-hybridized carbons (Fsp3) is 0.143. The Bertz CT molecular complexity index is 634. The summed E-state index contributed by atoms with van der Waals surface area (Å²) < 4.78 is 6.05. The van der Waals surface area contributed by atoms with Crippen molar-refractivity contribution in [2.45, 2.75) is 6.92 Å². The van der Waals surface area contributed by atoms with Crippen LogP contribution in [0, 0.1) is 0 Å². The first kappa shape index (κ1) is 14.8. The third kappa shape index (κ3) is 3.71. The van der Waals surface area contributed by atoms with Crippen molar-refractivity contribution in [3.8, 4) is 5.75 Å². The molecular weight excluding hydrogens is 344 g/mol. The third-order valence-corrected chi connectivity index (χ3v) is 3.11. The highest BCUT2D eigenvalue weighted by Gasteiger charge is 2.12. The molecule has 0 unspecified atom stereocenters. The Morgan fingerprint density at radius 3 is 2.90 bits per heavy atom. The van der Waals surface area contributed by atoms with Gasteiger partial charge >= 0.3 is 0 Å². The number of ether oxygens (including phenoxy) is 1. The van der Waals surface area contributed by atoms with Gasteiger partial charge in [0, 0.05) is 5.02 Å². The Balaban J connectivity index is 2.25. The van der Waals surface area contributed by atoms with Crippen LogP contribution in [-0.4, -0.2) is 17.5 Å². The van der Waals surface area contributed by atoms with Crippen molar-refractivity contribution < 1.29 is 9.53 Å². The molecule has 1 aromatic carbocycles. The number of aromatic nitrogens is 1. The first-order chi connectivity index (χ1) is 9.60. The largest absolute Gasteiger partial charge is 0.492 e. The van der Waals surface area contributed by atoms with E-state index in [0.717, 1.165) is 0 Å². The van der Waals surface area contributed by atoms with E-state index in [1.165, 1.54) is 0 Å². The summed E-state index contributed by atoms with van der Waals surface area (Å²) in [6.45, 7) is 2.37. The molecule has 0 aliphatic heterocycles. The molecule has 1 amide bonds. The van der Waals surface area contributed by atoms with Gasteiger partial charge in [-0.05, 0) is 53.2 Å². The van der Waals surface area contributed by atoms with E-state index in [1.807, 2.05) is 6.92 Å². The normalized spacial score (nSPS) is 10.2. The molecule has 1 heterocycles. The first-order valence-corrected chi connectivity index (χ1v) is 7.13. The quantitative estimate of drug-likeness (QED) is 0.838. The fourth-order valence-electron chi connectivity index (χ4n) is 1.60. The van der Waals surface area contributed by atoms with Crippen LogP contribution in [0.2, 0.25) is 5.02 Å². The van der Waals surface area contributed by atoms with Gasteiger partial charge < -0.3 is 10.1 Å². The monoisotopic (exact) mass is 354 g/mol. The summed E-state index contributed by atoms with van der Waals surface area (Å²) in [5.74, 6) is 0.245. The van der Waals surface area contributed by atoms with Crippen molar-refractivity contribution in [3.63, 3.8) is 0 Å². The molecule has 20 heavy (non-hydrogen) atoms. The lowest BCUT2D eigenvalue weighted by molar-refractivity contribution is 0.102. The maximum absolute atomic E-state index is 12.1. The molecule has 1 N–H and O–H groups in total. The molecule has 0 bridgehead atoms. The highest BCUT2D eigenvalue weighted by atomic mass is 79.9. The van der Waals surface area contributed by atoms with Crippen LogP contribution in [0.15, 0.2) is 41.0 Å². The molecule has 0 aliphatic carbocycles. The molecule has 0 radical (unpaired) electrons. The summed E-state index contributed by atoms with van der Waals surface area (Å²) in [5, 5.41) is 3.27. The molecule has 0 atom stereocenters. The first-order valence-electron chi connectivity index (χ1n) is 5.96. The van der Waals surface area contributed by atoms with Crippen molar-refractivity contribution >= 4 is 39.1 Å². The van der Waals surface area contributed by atoms with Crippen molar-refractivity contribution in [2.24, 2.45) is 0 Å². The number of halogens is 2. The summed E-state index contributed by atoms with van der Waals surface area (Å²) in [6.07, 6.45) is 0. The Morgan fingerprint density at radius 1 is 1.40 bits per heavy atom. The zero-order chi connectivity index (χ0) is 14.5. The van der Waals surface area contributed by atoms with Crippen LogP contribution in [0.5, 0.6) is 5.75 Å². The smallest absolute Gasteiger partial charge is 0.274 e. The molecule has 6 heteroatoms. The van der Waals surface area contributed by atoms with Crippen LogP contribution in [-0.2, 0) is 0 Å². The lowest BCUT2D eigenvalue weighted by Crippen LogP contribution is -2.14. The van der Waals surface area contributed by atoms with Gasteiger partial charge in [0.05, 0.1) is 12.3 Å². The zero-order valence-electron chi connectivity index (χ0n) is 10.7. The van der Waals surface area contributed by atoms with Gasteiger partial charge in [-0.3, -0.25) is 4.79 Å². The molecular formula is C14H12BrClN2O2. The second-order valence-electron chi connectivity index (χ2n) is 3.87. The van der Waals surface area contributed by atoms with Gasteiger partial charge in [-0.2, -0.15) is 0 Å². The predicted octanol–water partition coefficient (Wildman–Crippen LogP) is 4.15. The third-order valence-electron chi connectivity index (χ3n) is 2.44. The number of rotatable bonds is 4. The van der Waals surface area contributed by atoms with Gasteiger partial charge in [-0.15, -0.1) is 0 Å². The van der Waals surface area contributed by atoms with Crippen LogP contribution in [0.4, 0.5) is 5.69 Å². The van der Waals surface area contributed by atoms with E-state index in [9.17, 15) is 4.79 Å². The molecule has 0 spiro atoms. The van der Waals surface area contributed by atoms with Crippen LogP contribution >= 0.6 is 27.5 Å². The van der Waals surface area contributed by atoms with Crippen molar-refractivity contribution in [1.82, 2.24) is 4.98 Å². The van der Waals surface area contributed by atoms with E-state index in [-0.39, 0.29) is 5.91 Å². The molecule has 1 aromatic heterocycles. The number of benzene rings is 1. The van der Waals surface area contributed by atoms with Crippen molar-refractivity contribution in [3.05, 3.63) is 51.7 Å². The number of hydrogen-bond acceptors (Lipinski definition) is 3. The highest BCUT2D eigenvalue weighted by Crippen LogP contribution is 2.28. The van der Waals surface area contributed by atoms with Gasteiger partial charge in [-0.25, -0.2) is 4.98 Å². The van der Waals surface area contributed by atoms with E-state index in [2.05, 4.69) is 26.2 Å². The minimum atomic E-state index is -0.325. The highest BCUT2D eigenvalue weighted by molar-refractivity contribution is 9.10. The Hall–Kier alpha value is -1.59. The van der Waals surface area contributed by atoms with E-state index >= 15 is 0 Å². The van der Waals surface area contributed by atoms with Gasteiger partial charge in [0.25, 0.3) is 5.91 Å². The second-order valence-corrected chi connectivity index (χ2v) is 5.12. The number of nitrogens with one attached hydrogen (secondary N) is 1. The number of carbonyl (C=O) groups excluding carboxylic acids is 1. The fourth-order valence-corrected chi connectivity index (χ4v) is 2.12. The van der Waals surface area contributed by atoms with E-state index < -0.39 is 0 Å². The Morgan fingerprint density at radius 2 is 2.20 bits per heavy atom. The molecule has 4 nitrogen and oxygen atoms in total. The van der Waals surface area contributed by atoms with Crippen LogP contribution in [0.25, 0.3) is 0 Å². The van der Waals surface area contributed by atoms with Gasteiger partial charge in [0.2, 0.25) is 0 Å². The summed E-state index contributed by atoms with van der Waals surface area (Å²) in [6, 6.07) is 10.2. The van der Waals surface area contributed by atoms with Crippen LogP contribution < -0.4 is 10.1 Å². The number of anilines is 1. The molecule has 0 saturated carbocycles. The Kier molecular flexibility index (Phi) is 4.98. The van der Waals surface area contributed by atoms with Crippen LogP contribution in [0.3, 0.4) is 0 Å². The summed E-state index contributed by atoms with van der Waals surface area (Å²) >= 11 is 9.17. The number of carbonyl (C=O) groups is 1. The molecule has 0 aliphatic rings. The Labute approximate surface area is 130 Å². The number of amides is 1. The lowest BCUT2D eigenvalue weighted by Gasteiger charge is -2.11. The van der Waals surface area contributed by atoms with Crippen molar-refractivity contribution in [2.75, 3.05) is 11.9 Å². The standard InChI is InChI=1S/C14H12BrClN2O2/c1-2-20-12-7-6-9(16)8-11(12)18-14(19)10-4-3-5-13(15)17-10/h3-8H,2H2,1H3,(H,18,19). The lowest BCUT2D eigenvalue weighted by atomic mass is 10.2. The average molecular weight is 356 g/mol. The summed E-state index contributed by atoms with van der Waals surface area (Å²) in [4.78, 5) is 16.2. The maximum Gasteiger partial charge on any atom is 0.274 e. The van der Waals surface area contributed by atoms with Gasteiger partial charge in [0.15, 0.2) is 0 Å². The second kappa shape index (κ2) is 6.72. The topological polar surface area (TPSA) is 51.2 Å². The van der Waals surface area contributed by atoms with Crippen LogP contribution in [0.1, 0.15) is 17.4 Å². The number of pyridine rings is 1. The molecule has 0 saturated heterocycles. The summed E-state index contributed by atoms with van der Waals surface area (Å²) in [5.41, 5.74) is 0.827. The van der Waals surface area contributed by atoms with E-state index in [1.54, 1.807) is 36.4 Å². The number of hydrogen-bond donors (Lipinski definition) is 1. The molecule has 0 fully saturated rings. The average Bonchev–Trinajstić information content (AvgIpc) is 2.42. The number of nitrogens with zero attached hydrogens (tertiary/aromatic N) is 1. The molecule has 2 rings (SSSR count). The maximum atomic E-state index is 12.1. The molecule has 2 aromatic rings.